The molecule has 0 saturated heterocycles. The van der Waals surface area contributed by atoms with Crippen molar-refractivity contribution < 1.29 is 0 Å². The van der Waals surface area contributed by atoms with Crippen LogP contribution in [0.25, 0.3) is 33.4 Å². The molecule has 0 aliphatic heterocycles. The van der Waals surface area contributed by atoms with Crippen molar-refractivity contribution in [3.63, 3.8) is 0 Å². The van der Waals surface area contributed by atoms with Crippen molar-refractivity contribution in [1.82, 2.24) is 0 Å². The molecule has 0 nitrogen and oxygen atoms in total. The van der Waals surface area contributed by atoms with Gasteiger partial charge in [-0.25, -0.2) is 0 Å². The van der Waals surface area contributed by atoms with Crippen LogP contribution in [0.5, 0.6) is 0 Å². The monoisotopic (exact) mass is 364 g/mol. The van der Waals surface area contributed by atoms with Gasteiger partial charge in [0.25, 0.3) is 0 Å². The van der Waals surface area contributed by atoms with Gasteiger partial charge in [0.05, 0.1) is 0 Å². The first-order valence-corrected chi connectivity index (χ1v) is 10.1. The zero-order valence-corrected chi connectivity index (χ0v) is 17.0. The Balaban J connectivity index is 0.000000706. The Morgan fingerprint density at radius 2 is 0.893 bits per heavy atom. The lowest BCUT2D eigenvalue weighted by molar-refractivity contribution is 1.09. The molecular weight excluding hydrogens is 336 g/mol. The third-order valence-electron chi connectivity index (χ3n) is 4.56. The molecule has 0 saturated carbocycles. The van der Waals surface area contributed by atoms with Gasteiger partial charge >= 0.3 is 0 Å². The number of benzene rings is 4. The Morgan fingerprint density at radius 3 is 1.46 bits per heavy atom. The molecule has 0 aliphatic carbocycles. The lowest BCUT2D eigenvalue weighted by Crippen LogP contribution is -1.90. The van der Waals surface area contributed by atoms with Crippen LogP contribution in [0.1, 0.15) is 25.8 Å². The molecule has 0 aromatic heterocycles. The van der Waals surface area contributed by atoms with E-state index < -0.39 is 0 Å². The summed E-state index contributed by atoms with van der Waals surface area (Å²) in [5, 5.41) is 0. The molecule has 140 valence electrons. The van der Waals surface area contributed by atoms with E-state index in [0.29, 0.717) is 0 Å². The molecule has 4 aromatic carbocycles. The van der Waals surface area contributed by atoms with Gasteiger partial charge in [0, 0.05) is 0 Å². The van der Waals surface area contributed by atoms with Crippen LogP contribution in [0.3, 0.4) is 0 Å². The van der Waals surface area contributed by atoms with Gasteiger partial charge in [-0.05, 0) is 40.3 Å². The van der Waals surface area contributed by atoms with E-state index in [1.165, 1.54) is 45.4 Å². The second-order valence-electron chi connectivity index (χ2n) is 7.03. The van der Waals surface area contributed by atoms with Crippen molar-refractivity contribution >= 4 is 0 Å². The number of rotatable bonds is 3. The highest BCUT2D eigenvalue weighted by molar-refractivity contribution is 5.91. The van der Waals surface area contributed by atoms with Gasteiger partial charge < -0.3 is 0 Å². The van der Waals surface area contributed by atoms with E-state index in [1.807, 2.05) is 0 Å². The Kier molecular flexibility index (Phi) is 6.81. The van der Waals surface area contributed by atoms with E-state index in [9.17, 15) is 0 Å². The van der Waals surface area contributed by atoms with Gasteiger partial charge in [0.2, 0.25) is 0 Å². The highest BCUT2D eigenvalue weighted by Crippen LogP contribution is 2.38. The summed E-state index contributed by atoms with van der Waals surface area (Å²) in [6.07, 6.45) is 1.25. The zero-order valence-electron chi connectivity index (χ0n) is 17.0. The summed E-state index contributed by atoms with van der Waals surface area (Å²) < 4.78 is 0. The van der Waals surface area contributed by atoms with Gasteiger partial charge in [0.1, 0.15) is 0 Å². The normalized spacial score (nSPS) is 10.1. The lowest BCUT2D eigenvalue weighted by Gasteiger charge is -2.15. The summed E-state index contributed by atoms with van der Waals surface area (Å²) in [7, 11) is 0. The third kappa shape index (κ3) is 4.58. The van der Waals surface area contributed by atoms with E-state index in [2.05, 4.69) is 124 Å². The SMILES string of the molecule is CCC.Cc1ccc(-c2ccccc2-c2ccccc2)c(-c2ccccc2)c1. The van der Waals surface area contributed by atoms with E-state index in [0.717, 1.165) is 0 Å². The van der Waals surface area contributed by atoms with Crippen molar-refractivity contribution in [2.24, 2.45) is 0 Å². The van der Waals surface area contributed by atoms with Crippen LogP contribution >= 0.6 is 0 Å². The smallest absolute Gasteiger partial charge is 0.00990 e. The molecule has 4 aromatic rings. The van der Waals surface area contributed by atoms with Gasteiger partial charge in [-0.15, -0.1) is 0 Å². The van der Waals surface area contributed by atoms with Crippen LogP contribution in [-0.4, -0.2) is 0 Å². The topological polar surface area (TPSA) is 0 Å². The predicted molar refractivity (Wildman–Crippen MR) is 123 cm³/mol. The minimum atomic E-state index is 1.25. The molecule has 0 atom stereocenters. The van der Waals surface area contributed by atoms with Crippen molar-refractivity contribution in [1.29, 1.82) is 0 Å². The van der Waals surface area contributed by atoms with Crippen molar-refractivity contribution in [2.75, 3.05) is 0 Å². The summed E-state index contributed by atoms with van der Waals surface area (Å²) in [6.45, 7) is 6.40. The summed E-state index contributed by atoms with van der Waals surface area (Å²) >= 11 is 0. The second kappa shape index (κ2) is 9.71. The maximum absolute atomic E-state index is 2.28. The van der Waals surface area contributed by atoms with Crippen LogP contribution < -0.4 is 0 Å². The van der Waals surface area contributed by atoms with E-state index in [4.69, 9.17) is 0 Å². The van der Waals surface area contributed by atoms with Crippen LogP contribution in [0.4, 0.5) is 0 Å². The zero-order chi connectivity index (χ0) is 19.8. The van der Waals surface area contributed by atoms with Crippen LogP contribution in [0, 0.1) is 6.92 Å². The summed E-state index contributed by atoms with van der Waals surface area (Å²) in [5.41, 5.74) is 8.87. The largest absolute Gasteiger partial charge is 0.0656 e. The molecule has 0 N–H and O–H groups in total. The number of hydrogen-bond donors (Lipinski definition) is 0. The second-order valence-corrected chi connectivity index (χ2v) is 7.03. The number of hydrogen-bond acceptors (Lipinski definition) is 0. The third-order valence-corrected chi connectivity index (χ3v) is 4.56. The fraction of sp³-hybridized carbons (Fsp3) is 0.143. The molecule has 0 unspecified atom stereocenters. The van der Waals surface area contributed by atoms with Crippen molar-refractivity contribution in [3.8, 4) is 33.4 Å². The van der Waals surface area contributed by atoms with Gasteiger partial charge in [-0.2, -0.15) is 0 Å². The Bertz CT molecular complexity index is 998. The Hall–Kier alpha value is -3.12. The summed E-state index contributed by atoms with van der Waals surface area (Å²) in [6, 6.07) is 36.6. The maximum atomic E-state index is 2.28. The standard InChI is InChI=1S/C25H20.C3H8/c1-19-16-17-24(25(18-19)21-12-6-3-7-13-21)23-15-9-8-14-22(23)20-10-4-2-5-11-20;1-3-2/h2-18H,1H3;3H2,1-2H3. The maximum Gasteiger partial charge on any atom is -0.00990 e. The van der Waals surface area contributed by atoms with Gasteiger partial charge in [0.15, 0.2) is 0 Å². The van der Waals surface area contributed by atoms with Crippen molar-refractivity contribution in [3.05, 3.63) is 109 Å². The van der Waals surface area contributed by atoms with E-state index >= 15 is 0 Å². The highest BCUT2D eigenvalue weighted by atomic mass is 14.2. The first kappa shape index (κ1) is 19.6. The fourth-order valence-electron chi connectivity index (χ4n) is 3.34. The molecule has 0 heteroatoms. The molecule has 0 spiro atoms. The molecule has 0 radical (unpaired) electrons. The first-order chi connectivity index (χ1) is 13.7. The average molecular weight is 365 g/mol. The van der Waals surface area contributed by atoms with E-state index in [-0.39, 0.29) is 0 Å². The quantitative estimate of drug-likeness (QED) is 0.342. The van der Waals surface area contributed by atoms with E-state index in [1.54, 1.807) is 0 Å². The summed E-state index contributed by atoms with van der Waals surface area (Å²) in [5.74, 6) is 0. The molecular formula is C28H28. The van der Waals surface area contributed by atoms with Gasteiger partial charge in [-0.3, -0.25) is 0 Å². The fourth-order valence-corrected chi connectivity index (χ4v) is 3.34. The Morgan fingerprint density at radius 1 is 0.464 bits per heavy atom. The predicted octanol–water partition coefficient (Wildman–Crippen LogP) is 8.41. The summed E-state index contributed by atoms with van der Waals surface area (Å²) in [4.78, 5) is 0. The van der Waals surface area contributed by atoms with Gasteiger partial charge in [-0.1, -0.05) is 129 Å². The average Bonchev–Trinajstić information content (AvgIpc) is 2.76. The minimum Gasteiger partial charge on any atom is -0.0656 e. The van der Waals surface area contributed by atoms with Crippen LogP contribution in [0.15, 0.2) is 103 Å². The first-order valence-electron chi connectivity index (χ1n) is 10.1. The Labute approximate surface area is 169 Å². The molecule has 0 bridgehead atoms. The van der Waals surface area contributed by atoms with Crippen LogP contribution in [-0.2, 0) is 0 Å². The molecule has 0 fully saturated rings. The molecule has 0 heterocycles. The molecule has 0 amide bonds. The van der Waals surface area contributed by atoms with Crippen LogP contribution in [0.2, 0.25) is 0 Å². The molecule has 4 rings (SSSR count). The highest BCUT2D eigenvalue weighted by Gasteiger charge is 2.12. The minimum absolute atomic E-state index is 1.25. The number of aryl methyl sites for hydroxylation is 1. The molecule has 0 aliphatic rings. The van der Waals surface area contributed by atoms with Crippen molar-refractivity contribution in [2.45, 2.75) is 27.2 Å². The molecule has 28 heavy (non-hydrogen) atoms. The lowest BCUT2D eigenvalue weighted by atomic mass is 9.88.